The van der Waals surface area contributed by atoms with Crippen molar-refractivity contribution in [3.05, 3.63) is 241 Å². The molecule has 2 aliphatic rings. The van der Waals surface area contributed by atoms with E-state index in [0.717, 1.165) is 45.4 Å². The van der Waals surface area contributed by atoms with Crippen molar-refractivity contribution in [3.8, 4) is 39.4 Å². The molecule has 0 saturated heterocycles. The van der Waals surface area contributed by atoms with Crippen LogP contribution in [0.15, 0.2) is 218 Å². The largest absolute Gasteiger partial charge is 0.457 e. The lowest BCUT2D eigenvalue weighted by Crippen LogP contribution is -2.39. The second kappa shape index (κ2) is 12.7. The highest BCUT2D eigenvalue weighted by atomic mass is 16.5. The van der Waals surface area contributed by atoms with E-state index in [0.29, 0.717) is 0 Å². The minimum absolute atomic E-state index is 0.614. The number of ether oxygens (including phenoxy) is 1. The number of hydrogen-bond donors (Lipinski definition) is 0. The number of benzene rings is 9. The van der Waals surface area contributed by atoms with E-state index in [1.165, 1.54) is 55.2 Å². The van der Waals surface area contributed by atoms with Crippen molar-refractivity contribution in [2.24, 2.45) is 0 Å². The summed E-state index contributed by atoms with van der Waals surface area (Å²) in [6.45, 7) is 0. The van der Waals surface area contributed by atoms with Crippen LogP contribution in [0.1, 0.15) is 22.3 Å². The fourth-order valence-corrected chi connectivity index (χ4v) is 9.76. The van der Waals surface area contributed by atoms with Crippen molar-refractivity contribution in [1.29, 1.82) is 0 Å². The van der Waals surface area contributed by atoms with Gasteiger partial charge in [-0.1, -0.05) is 152 Å². The van der Waals surface area contributed by atoms with Gasteiger partial charge in [0, 0.05) is 33.3 Å². The van der Waals surface area contributed by atoms with Gasteiger partial charge >= 0.3 is 0 Å². The molecule has 3 heterocycles. The Hall–Kier alpha value is -7.62. The Morgan fingerprint density at radius 3 is 1.43 bits per heavy atom. The summed E-state index contributed by atoms with van der Waals surface area (Å²) in [4.78, 5) is 2.44. The molecule has 0 atom stereocenters. The second-order valence-electron chi connectivity index (χ2n) is 15.3. The van der Waals surface area contributed by atoms with Crippen LogP contribution in [0.25, 0.3) is 49.7 Å². The maximum absolute atomic E-state index is 6.67. The lowest BCUT2D eigenvalue weighted by molar-refractivity contribution is 0.434. The molecule has 9 aromatic carbocycles. The molecule has 3 nitrogen and oxygen atoms in total. The first-order chi connectivity index (χ1) is 28.8. The average molecular weight is 741 g/mol. The quantitative estimate of drug-likeness (QED) is 0.179. The monoisotopic (exact) mass is 740 g/mol. The maximum Gasteiger partial charge on any atom is 0.132 e. The third-order valence-corrected chi connectivity index (χ3v) is 12.3. The Kier molecular flexibility index (Phi) is 7.14. The molecule has 0 saturated carbocycles. The van der Waals surface area contributed by atoms with Gasteiger partial charge in [0.25, 0.3) is 0 Å². The van der Waals surface area contributed by atoms with Gasteiger partial charge in [-0.2, -0.15) is 0 Å². The second-order valence-corrected chi connectivity index (χ2v) is 15.3. The lowest BCUT2D eigenvalue weighted by atomic mass is 9.61. The summed E-state index contributed by atoms with van der Waals surface area (Å²) >= 11 is 0. The van der Waals surface area contributed by atoms with Gasteiger partial charge in [0.05, 0.1) is 27.8 Å². The van der Waals surface area contributed by atoms with E-state index in [1.807, 2.05) is 0 Å². The van der Waals surface area contributed by atoms with Crippen LogP contribution >= 0.6 is 0 Å². The number of para-hydroxylation sites is 5. The zero-order chi connectivity index (χ0) is 38.2. The van der Waals surface area contributed by atoms with Crippen LogP contribution in [0.5, 0.6) is 11.5 Å². The van der Waals surface area contributed by atoms with E-state index in [-0.39, 0.29) is 0 Å². The van der Waals surface area contributed by atoms with Crippen molar-refractivity contribution in [3.63, 3.8) is 0 Å². The molecule has 272 valence electrons. The summed E-state index contributed by atoms with van der Waals surface area (Å²) in [5.41, 5.74) is 15.8. The molecule has 1 spiro atoms. The molecule has 0 fully saturated rings. The zero-order valence-corrected chi connectivity index (χ0v) is 31.6. The summed E-state index contributed by atoms with van der Waals surface area (Å²) in [5, 5.41) is 2.54. The van der Waals surface area contributed by atoms with Crippen molar-refractivity contribution < 1.29 is 4.74 Å². The summed E-state index contributed by atoms with van der Waals surface area (Å²) in [6, 6.07) is 79.1. The van der Waals surface area contributed by atoms with Crippen LogP contribution in [-0.4, -0.2) is 4.57 Å². The van der Waals surface area contributed by atoms with Crippen LogP contribution in [0.3, 0.4) is 0 Å². The SMILES string of the molecule is c1ccc(-c2ccc3c(c2)C2(c4ccccc4Oc4ccccc42)c2ccccc2N3c2ccc(-c3ccc(-n4c5ccccc5c5ccccc54)cc3)cc2)cc1. The number of nitrogens with zero attached hydrogens (tertiary/aromatic N) is 2. The van der Waals surface area contributed by atoms with E-state index >= 15 is 0 Å². The first kappa shape index (κ1) is 32.6. The Balaban J connectivity index is 1.01. The van der Waals surface area contributed by atoms with Gasteiger partial charge in [0.15, 0.2) is 0 Å². The normalized spacial score (nSPS) is 13.4. The molecular formula is C55H36N2O. The average Bonchev–Trinajstić information content (AvgIpc) is 3.64. The van der Waals surface area contributed by atoms with Crippen molar-refractivity contribution in [2.45, 2.75) is 5.41 Å². The fraction of sp³-hybridized carbons (Fsp3) is 0.0182. The Morgan fingerprint density at radius 2 is 0.793 bits per heavy atom. The Labute approximate surface area is 337 Å². The molecule has 0 aliphatic carbocycles. The van der Waals surface area contributed by atoms with E-state index in [4.69, 9.17) is 4.74 Å². The van der Waals surface area contributed by atoms with Gasteiger partial charge in [-0.25, -0.2) is 0 Å². The van der Waals surface area contributed by atoms with Crippen LogP contribution in [0.2, 0.25) is 0 Å². The third kappa shape index (κ3) is 4.68. The number of fused-ring (bicyclic) bond motifs is 11. The predicted octanol–water partition coefficient (Wildman–Crippen LogP) is 14.4. The first-order valence-corrected chi connectivity index (χ1v) is 19.9. The molecule has 12 rings (SSSR count). The highest BCUT2D eigenvalue weighted by Crippen LogP contribution is 2.63. The van der Waals surface area contributed by atoms with Gasteiger partial charge in [0.1, 0.15) is 11.5 Å². The summed E-state index contributed by atoms with van der Waals surface area (Å²) in [7, 11) is 0. The number of aromatic nitrogens is 1. The Morgan fingerprint density at radius 1 is 0.328 bits per heavy atom. The topological polar surface area (TPSA) is 17.4 Å². The summed E-state index contributed by atoms with van der Waals surface area (Å²) < 4.78 is 9.04. The van der Waals surface area contributed by atoms with Gasteiger partial charge < -0.3 is 14.2 Å². The van der Waals surface area contributed by atoms with Gasteiger partial charge in [-0.15, -0.1) is 0 Å². The third-order valence-electron chi connectivity index (χ3n) is 12.3. The highest BCUT2D eigenvalue weighted by Gasteiger charge is 2.51. The molecule has 1 aromatic heterocycles. The van der Waals surface area contributed by atoms with Crippen molar-refractivity contribution in [2.75, 3.05) is 4.90 Å². The molecule has 0 amide bonds. The van der Waals surface area contributed by atoms with Crippen LogP contribution in [0.4, 0.5) is 17.1 Å². The zero-order valence-electron chi connectivity index (χ0n) is 31.6. The number of anilines is 3. The fourth-order valence-electron chi connectivity index (χ4n) is 9.76. The van der Waals surface area contributed by atoms with Crippen molar-refractivity contribution in [1.82, 2.24) is 4.57 Å². The van der Waals surface area contributed by atoms with Crippen LogP contribution in [0, 0.1) is 0 Å². The molecule has 0 N–H and O–H groups in total. The maximum atomic E-state index is 6.67. The molecule has 58 heavy (non-hydrogen) atoms. The number of rotatable bonds is 4. The number of hydrogen-bond acceptors (Lipinski definition) is 2. The highest BCUT2D eigenvalue weighted by molar-refractivity contribution is 6.09. The molecule has 10 aromatic rings. The first-order valence-electron chi connectivity index (χ1n) is 19.9. The molecule has 0 unspecified atom stereocenters. The van der Waals surface area contributed by atoms with Gasteiger partial charge in [0.2, 0.25) is 0 Å². The van der Waals surface area contributed by atoms with Crippen LogP contribution < -0.4 is 9.64 Å². The van der Waals surface area contributed by atoms with Gasteiger partial charge in [-0.05, 0) is 100 Å². The molecule has 0 bridgehead atoms. The molecule has 3 heteroatoms. The lowest BCUT2D eigenvalue weighted by Gasteiger charge is -2.48. The Bertz CT molecular complexity index is 3100. The summed E-state index contributed by atoms with van der Waals surface area (Å²) in [5.74, 6) is 1.77. The van der Waals surface area contributed by atoms with E-state index in [9.17, 15) is 0 Å². The standard InChI is InChI=1S/C55H36N2O/c1-2-14-37(15-3-1)40-30-35-52-48(36-40)55(46-19-7-12-24-53(46)58-54-25-13-8-20-47(54)55)45-18-6-11-23-51(45)57(52)42-33-28-39(29-34-42)38-26-31-41(32-27-38)56-49-21-9-4-16-43(49)44-17-5-10-22-50(44)56/h1-36H. The van der Waals surface area contributed by atoms with Crippen molar-refractivity contribution >= 4 is 38.9 Å². The minimum Gasteiger partial charge on any atom is -0.457 e. The van der Waals surface area contributed by atoms with Gasteiger partial charge in [-0.3, -0.25) is 0 Å². The predicted molar refractivity (Wildman–Crippen MR) is 238 cm³/mol. The molecular weight excluding hydrogens is 705 g/mol. The van der Waals surface area contributed by atoms with E-state index in [2.05, 4.69) is 228 Å². The molecule has 0 radical (unpaired) electrons. The molecule has 2 aliphatic heterocycles. The van der Waals surface area contributed by atoms with Crippen LogP contribution in [-0.2, 0) is 5.41 Å². The van der Waals surface area contributed by atoms with E-state index in [1.54, 1.807) is 0 Å². The van der Waals surface area contributed by atoms with E-state index < -0.39 is 5.41 Å². The summed E-state index contributed by atoms with van der Waals surface area (Å²) in [6.07, 6.45) is 0. The smallest absolute Gasteiger partial charge is 0.132 e. The minimum atomic E-state index is -0.614.